The number of nitrogens with one attached hydrogen (secondary N) is 1. The first-order chi connectivity index (χ1) is 9.62. The molecule has 0 amide bonds. The summed E-state index contributed by atoms with van der Waals surface area (Å²) in [6.45, 7) is 9.59. The smallest absolute Gasteiger partial charge is 0.243 e. The summed E-state index contributed by atoms with van der Waals surface area (Å²) in [5, 5.41) is 1.70. The second-order valence-electron chi connectivity index (χ2n) is 6.57. The van der Waals surface area contributed by atoms with Crippen molar-refractivity contribution in [3.8, 4) is 0 Å². The van der Waals surface area contributed by atoms with Crippen molar-refractivity contribution in [2.45, 2.75) is 51.1 Å². The molecule has 0 aliphatic heterocycles. The maximum atomic E-state index is 12.6. The third-order valence-corrected chi connectivity index (χ3v) is 4.82. The first-order valence-corrected chi connectivity index (χ1v) is 8.52. The standard InChI is InChI=1S/C16H22N2O2S/c1-11(2)14-10-17-15(13-9-7-6-8-12(13)14)21(19,20)18-16(3,4)5/h6-11,18H,1-5H3. The van der Waals surface area contributed by atoms with Crippen molar-refractivity contribution in [2.24, 2.45) is 0 Å². The van der Waals surface area contributed by atoms with E-state index >= 15 is 0 Å². The average Bonchev–Trinajstić information content (AvgIpc) is 2.34. The number of benzene rings is 1. The zero-order valence-electron chi connectivity index (χ0n) is 13.1. The molecule has 114 valence electrons. The van der Waals surface area contributed by atoms with Crippen LogP contribution in [0.1, 0.15) is 46.1 Å². The molecule has 2 aromatic rings. The zero-order chi connectivity index (χ0) is 15.8. The van der Waals surface area contributed by atoms with E-state index < -0.39 is 15.6 Å². The van der Waals surface area contributed by atoms with E-state index in [4.69, 9.17) is 0 Å². The summed E-state index contributed by atoms with van der Waals surface area (Å²) >= 11 is 0. The summed E-state index contributed by atoms with van der Waals surface area (Å²) in [7, 11) is -3.65. The number of hydrogen-bond acceptors (Lipinski definition) is 3. The van der Waals surface area contributed by atoms with E-state index in [0.717, 1.165) is 10.9 Å². The Balaban J connectivity index is 2.70. The molecule has 0 saturated carbocycles. The molecule has 1 heterocycles. The lowest BCUT2D eigenvalue weighted by atomic mass is 9.99. The Morgan fingerprint density at radius 2 is 1.67 bits per heavy atom. The van der Waals surface area contributed by atoms with Gasteiger partial charge in [0.15, 0.2) is 5.03 Å². The maximum absolute atomic E-state index is 12.6. The quantitative estimate of drug-likeness (QED) is 0.945. The summed E-state index contributed by atoms with van der Waals surface area (Å²) in [5.74, 6) is 0.287. The predicted molar refractivity (Wildman–Crippen MR) is 85.9 cm³/mol. The third kappa shape index (κ3) is 3.41. The predicted octanol–water partition coefficient (Wildman–Crippen LogP) is 3.44. The fourth-order valence-electron chi connectivity index (χ4n) is 2.31. The Morgan fingerprint density at radius 3 is 2.19 bits per heavy atom. The number of aromatic nitrogens is 1. The molecular weight excluding hydrogens is 284 g/mol. The Morgan fingerprint density at radius 1 is 1.10 bits per heavy atom. The summed E-state index contributed by atoms with van der Waals surface area (Å²) < 4.78 is 27.8. The van der Waals surface area contributed by atoms with Crippen LogP contribution in [0.5, 0.6) is 0 Å². The van der Waals surface area contributed by atoms with Gasteiger partial charge in [0.25, 0.3) is 10.0 Å². The summed E-state index contributed by atoms with van der Waals surface area (Å²) in [5.41, 5.74) is 0.513. The van der Waals surface area contributed by atoms with Crippen molar-refractivity contribution in [1.82, 2.24) is 9.71 Å². The zero-order valence-corrected chi connectivity index (χ0v) is 14.0. The van der Waals surface area contributed by atoms with Crippen LogP contribution in [-0.4, -0.2) is 18.9 Å². The SMILES string of the molecule is CC(C)c1cnc(S(=O)(=O)NC(C)(C)C)c2ccccc12. The average molecular weight is 306 g/mol. The summed E-state index contributed by atoms with van der Waals surface area (Å²) in [6.07, 6.45) is 1.67. The van der Waals surface area contributed by atoms with Crippen molar-refractivity contribution in [3.63, 3.8) is 0 Å². The molecule has 0 bridgehead atoms. The van der Waals surface area contributed by atoms with E-state index in [2.05, 4.69) is 23.6 Å². The summed E-state index contributed by atoms with van der Waals surface area (Å²) in [4.78, 5) is 4.23. The van der Waals surface area contributed by atoms with Gasteiger partial charge in [0.2, 0.25) is 0 Å². The summed E-state index contributed by atoms with van der Waals surface area (Å²) in [6, 6.07) is 7.51. The molecular formula is C16H22N2O2S. The number of pyridine rings is 1. The monoisotopic (exact) mass is 306 g/mol. The first-order valence-electron chi connectivity index (χ1n) is 7.03. The van der Waals surface area contributed by atoms with Crippen LogP contribution in [0.4, 0.5) is 0 Å². The number of nitrogens with zero attached hydrogens (tertiary/aromatic N) is 1. The van der Waals surface area contributed by atoms with Crippen LogP contribution in [0.2, 0.25) is 0 Å². The second-order valence-corrected chi connectivity index (χ2v) is 8.17. The van der Waals surface area contributed by atoms with Gasteiger partial charge in [-0.25, -0.2) is 18.1 Å². The normalized spacial score (nSPS) is 13.0. The molecule has 21 heavy (non-hydrogen) atoms. The number of rotatable bonds is 3. The fraction of sp³-hybridized carbons (Fsp3) is 0.438. The van der Waals surface area contributed by atoms with E-state index in [0.29, 0.717) is 5.39 Å². The maximum Gasteiger partial charge on any atom is 0.259 e. The fourth-order valence-corrected chi connectivity index (χ4v) is 3.88. The van der Waals surface area contributed by atoms with E-state index in [1.807, 2.05) is 45.0 Å². The van der Waals surface area contributed by atoms with Gasteiger partial charge in [-0.3, -0.25) is 0 Å². The Bertz CT molecular complexity index is 759. The van der Waals surface area contributed by atoms with Gasteiger partial charge in [-0.15, -0.1) is 0 Å². The molecule has 1 aromatic carbocycles. The highest BCUT2D eigenvalue weighted by molar-refractivity contribution is 7.89. The van der Waals surface area contributed by atoms with E-state index in [9.17, 15) is 8.42 Å². The second kappa shape index (κ2) is 5.39. The molecule has 5 heteroatoms. The van der Waals surface area contributed by atoms with E-state index in [1.165, 1.54) is 0 Å². The van der Waals surface area contributed by atoms with Crippen LogP contribution < -0.4 is 4.72 Å². The molecule has 0 aliphatic carbocycles. The molecule has 1 N–H and O–H groups in total. The van der Waals surface area contributed by atoms with Crippen molar-refractivity contribution >= 4 is 20.8 Å². The van der Waals surface area contributed by atoms with Gasteiger partial charge >= 0.3 is 0 Å². The molecule has 0 radical (unpaired) electrons. The van der Waals surface area contributed by atoms with Crippen LogP contribution >= 0.6 is 0 Å². The molecule has 0 fully saturated rings. The van der Waals surface area contributed by atoms with Crippen LogP contribution in [0.25, 0.3) is 10.8 Å². The van der Waals surface area contributed by atoms with Crippen LogP contribution in [0.15, 0.2) is 35.5 Å². The number of fused-ring (bicyclic) bond motifs is 1. The van der Waals surface area contributed by atoms with Crippen molar-refractivity contribution in [2.75, 3.05) is 0 Å². The topological polar surface area (TPSA) is 59.1 Å². The van der Waals surface area contributed by atoms with Crippen LogP contribution in [-0.2, 0) is 10.0 Å². The molecule has 0 atom stereocenters. The highest BCUT2D eigenvalue weighted by atomic mass is 32.2. The van der Waals surface area contributed by atoms with Crippen molar-refractivity contribution in [1.29, 1.82) is 0 Å². The lowest BCUT2D eigenvalue weighted by Crippen LogP contribution is -2.40. The van der Waals surface area contributed by atoms with E-state index in [-0.39, 0.29) is 10.9 Å². The highest BCUT2D eigenvalue weighted by Crippen LogP contribution is 2.28. The van der Waals surface area contributed by atoms with Crippen molar-refractivity contribution in [3.05, 3.63) is 36.0 Å². The van der Waals surface area contributed by atoms with Gasteiger partial charge in [0.1, 0.15) is 0 Å². The minimum Gasteiger partial charge on any atom is -0.243 e. The van der Waals surface area contributed by atoms with E-state index in [1.54, 1.807) is 6.20 Å². The lowest BCUT2D eigenvalue weighted by molar-refractivity contribution is 0.490. The first kappa shape index (κ1) is 15.9. The van der Waals surface area contributed by atoms with Gasteiger partial charge in [0, 0.05) is 17.1 Å². The van der Waals surface area contributed by atoms with Gasteiger partial charge in [-0.2, -0.15) is 0 Å². The Hall–Kier alpha value is -1.46. The molecule has 0 spiro atoms. The molecule has 0 aliphatic rings. The Labute approximate surface area is 126 Å². The molecule has 0 saturated heterocycles. The van der Waals surface area contributed by atoms with Crippen LogP contribution in [0, 0.1) is 0 Å². The minimum atomic E-state index is -3.65. The number of sulfonamides is 1. The molecule has 0 unspecified atom stereocenters. The third-order valence-electron chi connectivity index (χ3n) is 3.11. The van der Waals surface area contributed by atoms with Gasteiger partial charge < -0.3 is 0 Å². The molecule has 1 aromatic heterocycles. The minimum absolute atomic E-state index is 0.0948. The lowest BCUT2D eigenvalue weighted by Gasteiger charge is -2.21. The van der Waals surface area contributed by atoms with Gasteiger partial charge in [0.05, 0.1) is 0 Å². The Kier molecular flexibility index (Phi) is 4.08. The van der Waals surface area contributed by atoms with Crippen molar-refractivity contribution < 1.29 is 8.42 Å². The van der Waals surface area contributed by atoms with Crippen LogP contribution in [0.3, 0.4) is 0 Å². The molecule has 2 rings (SSSR count). The largest absolute Gasteiger partial charge is 0.259 e. The van der Waals surface area contributed by atoms with Gasteiger partial charge in [-0.05, 0) is 37.6 Å². The number of hydrogen-bond donors (Lipinski definition) is 1. The van der Waals surface area contributed by atoms with Gasteiger partial charge in [-0.1, -0.05) is 38.1 Å². The highest BCUT2D eigenvalue weighted by Gasteiger charge is 2.25. The molecule has 4 nitrogen and oxygen atoms in total.